The van der Waals surface area contributed by atoms with Crippen molar-refractivity contribution < 1.29 is 24.9 Å². The molecule has 0 amide bonds. The predicted octanol–water partition coefficient (Wildman–Crippen LogP) is 0.554. The van der Waals surface area contributed by atoms with Crippen LogP contribution in [0.2, 0.25) is 0 Å². The highest BCUT2D eigenvalue weighted by atomic mass is 33.5. The van der Waals surface area contributed by atoms with E-state index in [9.17, 15) is 4.79 Å². The maximum Gasteiger partial charge on any atom is 0.320 e. The number of thiol groups is 1. The standard InChI is InChI=1S/C7H14O5S3/c1-3-5(7(9,10)11)12-6(8)4(2)14-15-13/h4-5,9-11,13H,3H2,1-2H3. The van der Waals surface area contributed by atoms with Gasteiger partial charge in [-0.15, -0.1) is 0 Å². The summed E-state index contributed by atoms with van der Waals surface area (Å²) < 4.78 is 4.72. The van der Waals surface area contributed by atoms with E-state index in [-0.39, 0.29) is 6.42 Å². The first kappa shape index (κ1) is 15.4. The van der Waals surface area contributed by atoms with Crippen molar-refractivity contribution in [1.29, 1.82) is 0 Å². The van der Waals surface area contributed by atoms with E-state index in [0.29, 0.717) is 0 Å². The summed E-state index contributed by atoms with van der Waals surface area (Å²) in [6, 6.07) is 0. The van der Waals surface area contributed by atoms with Crippen molar-refractivity contribution in [3.05, 3.63) is 0 Å². The summed E-state index contributed by atoms with van der Waals surface area (Å²) in [7, 11) is 2.27. The van der Waals surface area contributed by atoms with Crippen molar-refractivity contribution in [1.82, 2.24) is 0 Å². The Labute approximate surface area is 101 Å². The molecule has 0 aliphatic rings. The molecule has 8 heteroatoms. The molecular weight excluding hydrogens is 260 g/mol. The second-order valence-electron chi connectivity index (χ2n) is 2.83. The van der Waals surface area contributed by atoms with Gasteiger partial charge in [-0.3, -0.25) is 4.79 Å². The van der Waals surface area contributed by atoms with Gasteiger partial charge < -0.3 is 20.1 Å². The molecule has 0 radical (unpaired) electrons. The van der Waals surface area contributed by atoms with E-state index in [4.69, 9.17) is 20.1 Å². The first-order chi connectivity index (χ1) is 6.82. The lowest BCUT2D eigenvalue weighted by Gasteiger charge is -2.25. The monoisotopic (exact) mass is 274 g/mol. The van der Waals surface area contributed by atoms with E-state index in [2.05, 4.69) is 11.7 Å². The molecule has 5 nitrogen and oxygen atoms in total. The molecule has 2 unspecified atom stereocenters. The number of ether oxygens (including phenoxy) is 1. The van der Waals surface area contributed by atoms with Gasteiger partial charge in [-0.25, -0.2) is 0 Å². The van der Waals surface area contributed by atoms with Crippen LogP contribution in [0.4, 0.5) is 0 Å². The van der Waals surface area contributed by atoms with Gasteiger partial charge in [-0.2, -0.15) is 0 Å². The van der Waals surface area contributed by atoms with Gasteiger partial charge >= 0.3 is 11.9 Å². The molecule has 0 fully saturated rings. The minimum absolute atomic E-state index is 0.0979. The summed E-state index contributed by atoms with van der Waals surface area (Å²) in [5.41, 5.74) is 0. The average Bonchev–Trinajstić information content (AvgIpc) is 2.12. The zero-order valence-electron chi connectivity index (χ0n) is 8.28. The third-order valence-corrected chi connectivity index (χ3v) is 4.05. The van der Waals surface area contributed by atoms with Crippen LogP contribution in [-0.4, -0.2) is 38.6 Å². The number of hydrogen-bond acceptors (Lipinski definition) is 8. The minimum Gasteiger partial charge on any atom is -0.453 e. The smallest absolute Gasteiger partial charge is 0.320 e. The Kier molecular flexibility index (Phi) is 7.05. The molecule has 0 bridgehead atoms. The summed E-state index contributed by atoms with van der Waals surface area (Å²) in [6.45, 7) is 3.15. The SMILES string of the molecule is CCC(OC(=O)C(C)SSS)C(O)(O)O. The van der Waals surface area contributed by atoms with E-state index in [1.54, 1.807) is 13.8 Å². The topological polar surface area (TPSA) is 87.0 Å². The molecule has 0 aromatic heterocycles. The first-order valence-corrected chi connectivity index (χ1v) is 7.44. The van der Waals surface area contributed by atoms with E-state index < -0.39 is 23.3 Å². The first-order valence-electron chi connectivity index (χ1n) is 4.17. The second-order valence-corrected chi connectivity index (χ2v) is 6.25. The van der Waals surface area contributed by atoms with E-state index in [1.165, 1.54) is 0 Å². The summed E-state index contributed by atoms with van der Waals surface area (Å²) in [5, 5.41) is 26.0. The molecule has 0 spiro atoms. The van der Waals surface area contributed by atoms with Crippen LogP contribution in [0.1, 0.15) is 20.3 Å². The van der Waals surface area contributed by atoms with Gasteiger partial charge in [0.15, 0.2) is 6.10 Å². The number of hydrogen-bond donors (Lipinski definition) is 4. The highest BCUT2D eigenvalue weighted by molar-refractivity contribution is 9.05. The lowest BCUT2D eigenvalue weighted by atomic mass is 10.2. The van der Waals surface area contributed by atoms with Crippen LogP contribution in [-0.2, 0) is 9.53 Å². The Morgan fingerprint density at radius 3 is 2.40 bits per heavy atom. The molecule has 15 heavy (non-hydrogen) atoms. The van der Waals surface area contributed by atoms with Crippen molar-refractivity contribution in [2.45, 2.75) is 37.6 Å². The normalized spacial score (nSPS) is 15.9. The lowest BCUT2D eigenvalue weighted by molar-refractivity contribution is -0.355. The number of carbonyl (C=O) groups is 1. The van der Waals surface area contributed by atoms with Gasteiger partial charge in [-0.05, 0) is 23.2 Å². The lowest BCUT2D eigenvalue weighted by Crippen LogP contribution is -2.45. The summed E-state index contributed by atoms with van der Waals surface area (Å²) in [6.07, 6.45) is -1.25. The third kappa shape index (κ3) is 5.88. The molecular formula is C7H14O5S3. The van der Waals surface area contributed by atoms with E-state index >= 15 is 0 Å². The summed E-state index contributed by atoms with van der Waals surface area (Å²) >= 11 is 3.85. The fraction of sp³-hybridized carbons (Fsp3) is 0.857. The highest BCUT2D eigenvalue weighted by Gasteiger charge is 2.35. The van der Waals surface area contributed by atoms with E-state index in [1.807, 2.05) is 0 Å². The van der Waals surface area contributed by atoms with Crippen molar-refractivity contribution in [2.75, 3.05) is 0 Å². The molecule has 0 aromatic carbocycles. The number of carbonyl (C=O) groups excluding carboxylic acids is 1. The molecule has 0 saturated carbocycles. The second kappa shape index (κ2) is 6.87. The Morgan fingerprint density at radius 1 is 1.53 bits per heavy atom. The van der Waals surface area contributed by atoms with Gasteiger partial charge in [0.1, 0.15) is 5.25 Å². The Balaban J connectivity index is 4.25. The Morgan fingerprint density at radius 2 is 2.07 bits per heavy atom. The maximum atomic E-state index is 11.3. The molecule has 0 aliphatic carbocycles. The molecule has 2 atom stereocenters. The fourth-order valence-corrected chi connectivity index (χ4v) is 2.82. The fourth-order valence-electron chi connectivity index (χ4n) is 0.776. The predicted molar refractivity (Wildman–Crippen MR) is 63.2 cm³/mol. The number of aliphatic hydroxyl groups is 3. The quantitative estimate of drug-likeness (QED) is 0.243. The third-order valence-electron chi connectivity index (χ3n) is 1.58. The molecule has 0 saturated heterocycles. The Bertz CT molecular complexity index is 205. The highest BCUT2D eigenvalue weighted by Crippen LogP contribution is 2.30. The number of esters is 1. The van der Waals surface area contributed by atoms with Gasteiger partial charge in [0.2, 0.25) is 0 Å². The zero-order chi connectivity index (χ0) is 12.1. The Hall–Kier alpha value is 0.400. The van der Waals surface area contributed by atoms with E-state index in [0.717, 1.165) is 20.6 Å². The minimum atomic E-state index is -3.00. The molecule has 90 valence electrons. The maximum absolute atomic E-state index is 11.3. The van der Waals surface area contributed by atoms with Crippen LogP contribution in [0.5, 0.6) is 0 Å². The van der Waals surface area contributed by atoms with Crippen LogP contribution < -0.4 is 0 Å². The average molecular weight is 274 g/mol. The van der Waals surface area contributed by atoms with Crippen molar-refractivity contribution in [3.63, 3.8) is 0 Å². The van der Waals surface area contributed by atoms with Crippen LogP contribution >= 0.6 is 32.3 Å². The summed E-state index contributed by atoms with van der Waals surface area (Å²) in [5.74, 6) is -3.63. The van der Waals surface area contributed by atoms with Crippen LogP contribution in [0.15, 0.2) is 0 Å². The van der Waals surface area contributed by atoms with Crippen LogP contribution in [0.25, 0.3) is 0 Å². The van der Waals surface area contributed by atoms with Gasteiger partial charge in [-0.1, -0.05) is 29.4 Å². The van der Waals surface area contributed by atoms with Gasteiger partial charge in [0, 0.05) is 0 Å². The van der Waals surface area contributed by atoms with Gasteiger partial charge in [0.25, 0.3) is 0 Å². The molecule has 0 aromatic rings. The zero-order valence-corrected chi connectivity index (χ0v) is 10.8. The summed E-state index contributed by atoms with van der Waals surface area (Å²) in [4.78, 5) is 11.3. The van der Waals surface area contributed by atoms with Crippen LogP contribution in [0.3, 0.4) is 0 Å². The molecule has 0 rings (SSSR count). The van der Waals surface area contributed by atoms with Crippen molar-refractivity contribution in [3.8, 4) is 0 Å². The molecule has 0 aliphatic heterocycles. The van der Waals surface area contributed by atoms with Crippen LogP contribution in [0, 0.1) is 0 Å². The van der Waals surface area contributed by atoms with Crippen molar-refractivity contribution >= 4 is 38.2 Å². The molecule has 3 N–H and O–H groups in total. The van der Waals surface area contributed by atoms with Crippen molar-refractivity contribution in [2.24, 2.45) is 0 Å². The number of rotatable bonds is 6. The largest absolute Gasteiger partial charge is 0.453 e. The molecule has 0 heterocycles. The van der Waals surface area contributed by atoms with Gasteiger partial charge in [0.05, 0.1) is 0 Å².